The molecule has 3 N–H and O–H groups in total. The average molecular weight is 308 g/mol. The Bertz CT molecular complexity index is 751. The van der Waals surface area contributed by atoms with Crippen molar-refractivity contribution in [2.24, 2.45) is 0 Å². The predicted molar refractivity (Wildman–Crippen MR) is 78.6 cm³/mol. The lowest BCUT2D eigenvalue weighted by atomic mass is 10.1. The number of sulfone groups is 1. The van der Waals surface area contributed by atoms with Gasteiger partial charge in [0.15, 0.2) is 9.84 Å². The van der Waals surface area contributed by atoms with Gasteiger partial charge in [-0.25, -0.2) is 8.42 Å². The van der Waals surface area contributed by atoms with E-state index in [1.807, 2.05) is 0 Å². The maximum atomic E-state index is 12.2. The van der Waals surface area contributed by atoms with Gasteiger partial charge in [0, 0.05) is 17.5 Å². The Morgan fingerprint density at radius 3 is 2.62 bits per heavy atom. The molecule has 0 aliphatic carbocycles. The van der Waals surface area contributed by atoms with Crippen LogP contribution in [-0.2, 0) is 9.84 Å². The average Bonchev–Trinajstić information content (AvgIpc) is 2.90. The zero-order chi connectivity index (χ0) is 15.6. The fourth-order valence-corrected chi connectivity index (χ4v) is 2.55. The van der Waals surface area contributed by atoms with E-state index in [0.29, 0.717) is 5.76 Å². The molecule has 7 heteroatoms. The van der Waals surface area contributed by atoms with E-state index in [4.69, 9.17) is 10.2 Å². The Kier molecular flexibility index (Phi) is 4.04. The smallest absolute Gasteiger partial charge is 0.251 e. The van der Waals surface area contributed by atoms with Crippen molar-refractivity contribution in [3.05, 3.63) is 47.9 Å². The van der Waals surface area contributed by atoms with E-state index in [-0.39, 0.29) is 22.2 Å². The number of hydrogen-bond acceptors (Lipinski definition) is 5. The van der Waals surface area contributed by atoms with E-state index in [9.17, 15) is 13.2 Å². The molecule has 0 saturated carbocycles. The highest BCUT2D eigenvalue weighted by Gasteiger charge is 2.16. The van der Waals surface area contributed by atoms with E-state index in [0.717, 1.165) is 6.26 Å². The second kappa shape index (κ2) is 5.61. The molecule has 1 heterocycles. The van der Waals surface area contributed by atoms with Crippen molar-refractivity contribution in [2.75, 3.05) is 12.0 Å². The SMILES string of the molecule is CC(NC(=O)c1cc(N)cc(S(C)(=O)=O)c1)c1ccco1. The Morgan fingerprint density at radius 1 is 1.33 bits per heavy atom. The number of nitrogens with one attached hydrogen (secondary N) is 1. The highest BCUT2D eigenvalue weighted by atomic mass is 32.2. The Hall–Kier alpha value is -2.28. The van der Waals surface area contributed by atoms with Crippen LogP contribution in [0.15, 0.2) is 45.9 Å². The fourth-order valence-electron chi connectivity index (χ4n) is 1.86. The van der Waals surface area contributed by atoms with Crippen LogP contribution >= 0.6 is 0 Å². The topological polar surface area (TPSA) is 102 Å². The van der Waals surface area contributed by atoms with E-state index in [1.165, 1.54) is 24.5 Å². The maximum absolute atomic E-state index is 12.2. The molecule has 0 aliphatic heterocycles. The van der Waals surface area contributed by atoms with Crippen LogP contribution in [0.4, 0.5) is 5.69 Å². The summed E-state index contributed by atoms with van der Waals surface area (Å²) in [5, 5.41) is 2.72. The molecule has 2 aromatic rings. The number of amides is 1. The molecule has 0 spiro atoms. The van der Waals surface area contributed by atoms with E-state index < -0.39 is 15.7 Å². The van der Waals surface area contributed by atoms with Gasteiger partial charge in [-0.3, -0.25) is 4.79 Å². The zero-order valence-electron chi connectivity index (χ0n) is 11.7. The quantitative estimate of drug-likeness (QED) is 0.838. The van der Waals surface area contributed by atoms with Gasteiger partial charge >= 0.3 is 0 Å². The van der Waals surface area contributed by atoms with Crippen molar-refractivity contribution >= 4 is 21.4 Å². The molecular weight excluding hydrogens is 292 g/mol. The van der Waals surface area contributed by atoms with Crippen molar-refractivity contribution in [2.45, 2.75) is 17.9 Å². The van der Waals surface area contributed by atoms with Crippen LogP contribution < -0.4 is 11.1 Å². The van der Waals surface area contributed by atoms with Crippen LogP contribution in [0.25, 0.3) is 0 Å². The van der Waals surface area contributed by atoms with E-state index >= 15 is 0 Å². The molecular formula is C14H16N2O4S. The fraction of sp³-hybridized carbons (Fsp3) is 0.214. The first-order chi connectivity index (χ1) is 9.77. The summed E-state index contributed by atoms with van der Waals surface area (Å²) in [7, 11) is -3.43. The van der Waals surface area contributed by atoms with Crippen molar-refractivity contribution in [3.8, 4) is 0 Å². The molecule has 1 atom stereocenters. The minimum Gasteiger partial charge on any atom is -0.467 e. The molecule has 2 rings (SSSR count). The molecule has 112 valence electrons. The minimum atomic E-state index is -3.43. The molecule has 0 radical (unpaired) electrons. The Morgan fingerprint density at radius 2 is 2.05 bits per heavy atom. The van der Waals surface area contributed by atoms with Gasteiger partial charge in [-0.2, -0.15) is 0 Å². The third-order valence-corrected chi connectivity index (χ3v) is 4.03. The number of carbonyl (C=O) groups is 1. The van der Waals surface area contributed by atoms with Gasteiger partial charge in [0.2, 0.25) is 0 Å². The van der Waals surface area contributed by atoms with E-state index in [1.54, 1.807) is 19.1 Å². The summed E-state index contributed by atoms with van der Waals surface area (Å²) in [6, 6.07) is 7.18. The number of furan rings is 1. The Balaban J connectivity index is 2.25. The van der Waals surface area contributed by atoms with Crippen LogP contribution in [0.3, 0.4) is 0 Å². The number of anilines is 1. The van der Waals surface area contributed by atoms with Crippen LogP contribution in [0.1, 0.15) is 29.1 Å². The highest BCUT2D eigenvalue weighted by molar-refractivity contribution is 7.90. The lowest BCUT2D eigenvalue weighted by molar-refractivity contribution is 0.0935. The summed E-state index contributed by atoms with van der Waals surface area (Å²) < 4.78 is 28.3. The summed E-state index contributed by atoms with van der Waals surface area (Å²) in [6.07, 6.45) is 2.58. The minimum absolute atomic E-state index is 0.0123. The first kappa shape index (κ1) is 15.1. The third kappa shape index (κ3) is 3.63. The summed E-state index contributed by atoms with van der Waals surface area (Å²) in [5.74, 6) is 0.187. The normalized spacial score (nSPS) is 12.9. The van der Waals surface area contributed by atoms with Crippen LogP contribution in [0, 0.1) is 0 Å². The van der Waals surface area contributed by atoms with Crippen molar-refractivity contribution < 1.29 is 17.6 Å². The van der Waals surface area contributed by atoms with Gasteiger partial charge in [-0.05, 0) is 37.3 Å². The van der Waals surface area contributed by atoms with Crippen LogP contribution in [-0.4, -0.2) is 20.6 Å². The first-order valence-corrected chi connectivity index (χ1v) is 8.11. The standard InChI is InChI=1S/C14H16N2O4S/c1-9(13-4-3-5-20-13)16-14(17)10-6-11(15)8-12(7-10)21(2,18)19/h3-9H,15H2,1-2H3,(H,16,17). The molecule has 6 nitrogen and oxygen atoms in total. The second-order valence-corrected chi connectivity index (χ2v) is 6.79. The largest absolute Gasteiger partial charge is 0.467 e. The van der Waals surface area contributed by atoms with Gasteiger partial charge in [0.25, 0.3) is 5.91 Å². The number of benzene rings is 1. The van der Waals surface area contributed by atoms with Gasteiger partial charge < -0.3 is 15.5 Å². The predicted octanol–water partition coefficient (Wildman–Crippen LogP) is 1.76. The highest BCUT2D eigenvalue weighted by Crippen LogP contribution is 2.18. The zero-order valence-corrected chi connectivity index (χ0v) is 12.5. The van der Waals surface area contributed by atoms with Crippen molar-refractivity contribution in [3.63, 3.8) is 0 Å². The number of hydrogen-bond donors (Lipinski definition) is 2. The molecule has 0 fully saturated rings. The number of carbonyl (C=O) groups excluding carboxylic acids is 1. The molecule has 0 bridgehead atoms. The molecule has 1 unspecified atom stereocenters. The van der Waals surface area contributed by atoms with Crippen LogP contribution in [0.2, 0.25) is 0 Å². The lowest BCUT2D eigenvalue weighted by Crippen LogP contribution is -2.26. The summed E-state index contributed by atoms with van der Waals surface area (Å²) >= 11 is 0. The molecule has 0 aliphatic rings. The summed E-state index contributed by atoms with van der Waals surface area (Å²) in [4.78, 5) is 12.2. The van der Waals surface area contributed by atoms with Gasteiger partial charge in [-0.15, -0.1) is 0 Å². The monoisotopic (exact) mass is 308 g/mol. The first-order valence-electron chi connectivity index (χ1n) is 6.22. The molecule has 1 aromatic carbocycles. The van der Waals surface area contributed by atoms with Gasteiger partial charge in [-0.1, -0.05) is 0 Å². The summed E-state index contributed by atoms with van der Waals surface area (Å²) in [5.41, 5.74) is 6.06. The maximum Gasteiger partial charge on any atom is 0.251 e. The molecule has 1 amide bonds. The lowest BCUT2D eigenvalue weighted by Gasteiger charge is -2.12. The summed E-state index contributed by atoms with van der Waals surface area (Å²) in [6.45, 7) is 1.76. The number of rotatable bonds is 4. The van der Waals surface area contributed by atoms with Crippen LogP contribution in [0.5, 0.6) is 0 Å². The molecule has 0 saturated heterocycles. The second-order valence-electron chi connectivity index (χ2n) is 4.77. The van der Waals surface area contributed by atoms with Crippen molar-refractivity contribution in [1.82, 2.24) is 5.32 Å². The molecule has 1 aromatic heterocycles. The van der Waals surface area contributed by atoms with Gasteiger partial charge in [0.05, 0.1) is 17.2 Å². The Labute approximate surface area is 122 Å². The van der Waals surface area contributed by atoms with E-state index in [2.05, 4.69) is 5.32 Å². The number of nitrogen functional groups attached to an aromatic ring is 1. The third-order valence-electron chi connectivity index (χ3n) is 2.94. The number of nitrogens with two attached hydrogens (primary N) is 1. The van der Waals surface area contributed by atoms with Crippen molar-refractivity contribution in [1.29, 1.82) is 0 Å². The molecule has 21 heavy (non-hydrogen) atoms. The van der Waals surface area contributed by atoms with Gasteiger partial charge in [0.1, 0.15) is 5.76 Å².